The largest absolute Gasteiger partial charge is 0.509 e. The van der Waals surface area contributed by atoms with E-state index >= 15 is 0 Å². The summed E-state index contributed by atoms with van der Waals surface area (Å²) in [5.41, 5.74) is 0.352. The molecule has 0 saturated heterocycles. The van der Waals surface area contributed by atoms with Crippen molar-refractivity contribution in [3.8, 4) is 0 Å². The van der Waals surface area contributed by atoms with E-state index in [1.807, 2.05) is 0 Å². The van der Waals surface area contributed by atoms with Gasteiger partial charge in [-0.15, -0.1) is 5.46 Å². The van der Waals surface area contributed by atoms with Crippen LogP contribution in [0.3, 0.4) is 0 Å². The zero-order valence-electron chi connectivity index (χ0n) is 8.35. The van der Waals surface area contributed by atoms with Crippen molar-refractivity contribution in [2.24, 2.45) is 0 Å². The average Bonchev–Trinajstić information content (AvgIpc) is 2.18. The van der Waals surface area contributed by atoms with Gasteiger partial charge in [-0.05, 0) is 18.6 Å². The molecule has 0 saturated carbocycles. The number of hydrogen-bond donors (Lipinski definition) is 0. The van der Waals surface area contributed by atoms with Crippen molar-refractivity contribution in [1.29, 1.82) is 0 Å². The molecule has 1 nitrogen and oxygen atoms in total. The molecule has 1 aromatic carbocycles. The van der Waals surface area contributed by atoms with Gasteiger partial charge >= 0.3 is 6.98 Å². The Hall–Kier alpha value is -1.23. The molecule has 16 heavy (non-hydrogen) atoms. The summed E-state index contributed by atoms with van der Waals surface area (Å²) in [6, 6.07) is 3.64. The van der Waals surface area contributed by atoms with Crippen LogP contribution in [0.25, 0.3) is 10.9 Å². The molecule has 84 valence electrons. The van der Waals surface area contributed by atoms with Crippen molar-refractivity contribution in [3.63, 3.8) is 0 Å². The summed E-state index contributed by atoms with van der Waals surface area (Å²) >= 11 is 5.85. The number of rotatable bonds is 1. The number of aryl methyl sites for hydroxylation is 1. The molecule has 0 radical (unpaired) electrons. The molecule has 0 aliphatic heterocycles. The molecule has 0 amide bonds. The van der Waals surface area contributed by atoms with Gasteiger partial charge in [0, 0.05) is 11.6 Å². The van der Waals surface area contributed by atoms with E-state index in [2.05, 4.69) is 4.98 Å². The van der Waals surface area contributed by atoms with Crippen molar-refractivity contribution in [3.05, 3.63) is 35.0 Å². The molecule has 6 heteroatoms. The third kappa shape index (κ3) is 1.87. The molecule has 1 aromatic heterocycles. The predicted molar refractivity (Wildman–Crippen MR) is 60.2 cm³/mol. The van der Waals surface area contributed by atoms with Crippen LogP contribution < -0.4 is 5.46 Å². The monoisotopic (exact) mass is 244 g/mol. The molecule has 2 rings (SSSR count). The summed E-state index contributed by atoms with van der Waals surface area (Å²) in [5, 5.41) is 0.633. The number of halogens is 4. The Bertz CT molecular complexity index is 553. The molecular formula is C10H7BClF3N-. The van der Waals surface area contributed by atoms with Crippen LogP contribution >= 0.6 is 11.6 Å². The minimum absolute atomic E-state index is 0.287. The molecule has 0 aliphatic rings. The second-order valence-corrected chi connectivity index (χ2v) is 4.01. The lowest BCUT2D eigenvalue weighted by atomic mass is 9.78. The minimum Gasteiger partial charge on any atom is -0.445 e. The third-order valence-corrected chi connectivity index (χ3v) is 2.71. The van der Waals surface area contributed by atoms with E-state index in [0.29, 0.717) is 16.5 Å². The third-order valence-electron chi connectivity index (χ3n) is 2.38. The van der Waals surface area contributed by atoms with Gasteiger partial charge in [0.15, 0.2) is 0 Å². The maximum absolute atomic E-state index is 12.6. The van der Waals surface area contributed by atoms with Crippen LogP contribution in [0.1, 0.15) is 5.56 Å². The molecule has 0 N–H and O–H groups in total. The second-order valence-electron chi connectivity index (χ2n) is 3.60. The number of benzene rings is 1. The van der Waals surface area contributed by atoms with Crippen molar-refractivity contribution in [1.82, 2.24) is 4.98 Å². The highest BCUT2D eigenvalue weighted by Gasteiger charge is 2.26. The molecule has 2 aromatic rings. The Balaban J connectivity index is 2.81. The van der Waals surface area contributed by atoms with E-state index < -0.39 is 12.4 Å². The minimum atomic E-state index is -5.01. The Morgan fingerprint density at radius 1 is 1.25 bits per heavy atom. The summed E-state index contributed by atoms with van der Waals surface area (Å²) in [5.74, 6) is 0. The lowest BCUT2D eigenvalue weighted by molar-refractivity contribution is 0.501. The summed E-state index contributed by atoms with van der Waals surface area (Å²) in [6.07, 6.45) is 1.48. The van der Waals surface area contributed by atoms with Gasteiger partial charge in [0.1, 0.15) is 0 Å². The van der Waals surface area contributed by atoms with E-state index in [1.165, 1.54) is 12.3 Å². The number of aromatic nitrogens is 1. The molecular weight excluding hydrogens is 237 g/mol. The number of pyridine rings is 1. The van der Waals surface area contributed by atoms with Crippen molar-refractivity contribution >= 4 is 34.9 Å². The topological polar surface area (TPSA) is 12.9 Å². The number of fused-ring (bicyclic) bond motifs is 1. The van der Waals surface area contributed by atoms with E-state index in [0.717, 1.165) is 12.1 Å². The highest BCUT2D eigenvalue weighted by Crippen LogP contribution is 2.24. The Morgan fingerprint density at radius 3 is 2.56 bits per heavy atom. The summed E-state index contributed by atoms with van der Waals surface area (Å²) < 4.78 is 37.9. The Kier molecular flexibility index (Phi) is 2.58. The first-order valence-electron chi connectivity index (χ1n) is 4.64. The first-order valence-corrected chi connectivity index (χ1v) is 5.02. The highest BCUT2D eigenvalue weighted by atomic mass is 35.5. The fourth-order valence-electron chi connectivity index (χ4n) is 1.62. The van der Waals surface area contributed by atoms with Crippen molar-refractivity contribution < 1.29 is 12.9 Å². The molecule has 0 atom stereocenters. The summed E-state index contributed by atoms with van der Waals surface area (Å²) in [7, 11) is 0. The maximum atomic E-state index is 12.6. The molecule has 1 heterocycles. The van der Waals surface area contributed by atoms with E-state index in [1.54, 1.807) is 6.92 Å². The SMILES string of the molecule is Cc1cc([B-](F)(F)F)cc2c(Cl)ccnc12. The van der Waals surface area contributed by atoms with Crippen LogP contribution in [0.2, 0.25) is 5.02 Å². The maximum Gasteiger partial charge on any atom is 0.509 e. The van der Waals surface area contributed by atoms with Crippen LogP contribution in [0.5, 0.6) is 0 Å². The van der Waals surface area contributed by atoms with Gasteiger partial charge in [-0.1, -0.05) is 23.7 Å². The normalized spacial score (nSPS) is 12.1. The molecule has 0 fully saturated rings. The van der Waals surface area contributed by atoms with Gasteiger partial charge in [-0.25, -0.2) is 0 Å². The van der Waals surface area contributed by atoms with Gasteiger partial charge in [0.25, 0.3) is 0 Å². The first-order chi connectivity index (χ1) is 7.39. The molecule has 0 aliphatic carbocycles. The number of nitrogens with zero attached hydrogens (tertiary/aromatic N) is 1. The van der Waals surface area contributed by atoms with Gasteiger partial charge in [-0.3, -0.25) is 4.98 Å². The quantitative estimate of drug-likeness (QED) is 0.702. The van der Waals surface area contributed by atoms with Gasteiger partial charge in [0.2, 0.25) is 0 Å². The lowest BCUT2D eigenvalue weighted by Crippen LogP contribution is -2.34. The van der Waals surface area contributed by atoms with Crippen LogP contribution in [0.15, 0.2) is 24.4 Å². The van der Waals surface area contributed by atoms with Crippen molar-refractivity contribution in [2.75, 3.05) is 0 Å². The predicted octanol–water partition coefficient (Wildman–Crippen LogP) is 3.25. The smallest absolute Gasteiger partial charge is 0.445 e. The van der Waals surface area contributed by atoms with Gasteiger partial charge in [0.05, 0.1) is 10.5 Å². The fourth-order valence-corrected chi connectivity index (χ4v) is 1.82. The van der Waals surface area contributed by atoms with Crippen LogP contribution in [0, 0.1) is 6.92 Å². The molecule has 0 spiro atoms. The highest BCUT2D eigenvalue weighted by molar-refractivity contribution is 6.73. The van der Waals surface area contributed by atoms with E-state index in [4.69, 9.17) is 11.6 Å². The second kappa shape index (κ2) is 3.66. The zero-order chi connectivity index (χ0) is 11.9. The van der Waals surface area contributed by atoms with Crippen LogP contribution in [0.4, 0.5) is 12.9 Å². The van der Waals surface area contributed by atoms with E-state index in [9.17, 15) is 12.9 Å². The zero-order valence-corrected chi connectivity index (χ0v) is 9.10. The standard InChI is InChI=1S/C10H7BClF3N/c1-6-4-7(11(13,14)15)5-8-9(12)2-3-16-10(6)8/h2-5H,1H3/q-1. The first kappa shape index (κ1) is 11.3. The Morgan fingerprint density at radius 2 is 1.94 bits per heavy atom. The van der Waals surface area contributed by atoms with Crippen LogP contribution in [-0.4, -0.2) is 12.0 Å². The molecule has 0 unspecified atom stereocenters. The van der Waals surface area contributed by atoms with Crippen LogP contribution in [-0.2, 0) is 0 Å². The van der Waals surface area contributed by atoms with E-state index in [-0.39, 0.29) is 5.02 Å². The number of hydrogen-bond acceptors (Lipinski definition) is 1. The molecule has 0 bridgehead atoms. The summed E-state index contributed by atoms with van der Waals surface area (Å²) in [4.78, 5) is 4.02. The Labute approximate surface area is 95.3 Å². The average molecular weight is 244 g/mol. The van der Waals surface area contributed by atoms with Gasteiger partial charge < -0.3 is 12.9 Å². The summed E-state index contributed by atoms with van der Waals surface area (Å²) in [6.45, 7) is -3.41. The van der Waals surface area contributed by atoms with Gasteiger partial charge in [-0.2, -0.15) is 0 Å². The van der Waals surface area contributed by atoms with Crippen molar-refractivity contribution in [2.45, 2.75) is 6.92 Å². The fraction of sp³-hybridized carbons (Fsp3) is 0.100. The lowest BCUT2D eigenvalue weighted by Gasteiger charge is -2.17.